The first-order chi connectivity index (χ1) is 8.65. The molecule has 4 nitrogen and oxygen atoms in total. The van der Waals surface area contributed by atoms with Crippen molar-refractivity contribution < 1.29 is 13.5 Å². The number of aryl methyl sites for hydroxylation is 1. The summed E-state index contributed by atoms with van der Waals surface area (Å²) in [5.74, 6) is 5.31. The van der Waals surface area contributed by atoms with Gasteiger partial charge in [-0.1, -0.05) is 11.8 Å². The van der Waals surface area contributed by atoms with Gasteiger partial charge in [-0.3, -0.25) is 4.72 Å². The second kappa shape index (κ2) is 5.64. The third-order valence-electron chi connectivity index (χ3n) is 2.45. The van der Waals surface area contributed by atoms with Gasteiger partial charge < -0.3 is 5.11 Å². The zero-order valence-corrected chi connectivity index (χ0v) is 12.4. The molecule has 104 valence electrons. The van der Waals surface area contributed by atoms with Crippen molar-refractivity contribution in [2.45, 2.75) is 32.4 Å². The Morgan fingerprint density at radius 2 is 1.89 bits per heavy atom. The molecule has 0 aliphatic rings. The van der Waals surface area contributed by atoms with Crippen LogP contribution >= 0.6 is 0 Å². The zero-order valence-electron chi connectivity index (χ0n) is 11.6. The van der Waals surface area contributed by atoms with E-state index in [4.69, 9.17) is 5.11 Å². The van der Waals surface area contributed by atoms with Crippen LogP contribution in [-0.2, 0) is 10.0 Å². The van der Waals surface area contributed by atoms with Gasteiger partial charge in [0.25, 0.3) is 0 Å². The van der Waals surface area contributed by atoms with E-state index in [9.17, 15) is 8.42 Å². The van der Waals surface area contributed by atoms with Crippen LogP contribution in [0.5, 0.6) is 0 Å². The van der Waals surface area contributed by atoms with Crippen LogP contribution in [0.25, 0.3) is 0 Å². The van der Waals surface area contributed by atoms with Crippen molar-refractivity contribution >= 4 is 15.7 Å². The highest BCUT2D eigenvalue weighted by Crippen LogP contribution is 2.21. The standard InChI is InChI=1S/C14H19NO3S/c1-11-8-12(6-5-7-16)10-13(9-11)15-19(17,18)14(2,3)4/h8-10,15-16H,7H2,1-4H3. The molecule has 0 saturated carbocycles. The molecule has 0 bridgehead atoms. The van der Waals surface area contributed by atoms with Crippen molar-refractivity contribution in [2.24, 2.45) is 0 Å². The number of anilines is 1. The summed E-state index contributed by atoms with van der Waals surface area (Å²) in [5, 5.41) is 8.67. The second-order valence-electron chi connectivity index (χ2n) is 5.27. The minimum Gasteiger partial charge on any atom is -0.384 e. The van der Waals surface area contributed by atoms with Crippen LogP contribution in [0.2, 0.25) is 0 Å². The molecule has 0 heterocycles. The molecule has 0 fully saturated rings. The summed E-state index contributed by atoms with van der Waals surface area (Å²) >= 11 is 0. The minimum absolute atomic E-state index is 0.225. The highest BCUT2D eigenvalue weighted by atomic mass is 32.2. The Balaban J connectivity index is 3.13. The van der Waals surface area contributed by atoms with Gasteiger partial charge in [0.15, 0.2) is 0 Å². The first-order valence-corrected chi connectivity index (χ1v) is 7.38. The van der Waals surface area contributed by atoms with Crippen molar-refractivity contribution in [1.82, 2.24) is 0 Å². The van der Waals surface area contributed by atoms with E-state index in [0.717, 1.165) is 5.56 Å². The molecular formula is C14H19NO3S. The fourth-order valence-electron chi connectivity index (χ4n) is 1.36. The molecule has 2 N–H and O–H groups in total. The number of hydrogen-bond acceptors (Lipinski definition) is 3. The molecule has 0 unspecified atom stereocenters. The number of hydrogen-bond donors (Lipinski definition) is 2. The third-order valence-corrected chi connectivity index (χ3v) is 4.56. The lowest BCUT2D eigenvalue weighted by molar-refractivity contribution is 0.350. The minimum atomic E-state index is -3.45. The summed E-state index contributed by atoms with van der Waals surface area (Å²) < 4.78 is 25.8. The van der Waals surface area contributed by atoms with Crippen LogP contribution in [0.1, 0.15) is 31.9 Å². The lowest BCUT2D eigenvalue weighted by atomic mass is 10.1. The third kappa shape index (κ3) is 4.27. The molecule has 19 heavy (non-hydrogen) atoms. The molecule has 0 aliphatic heterocycles. The maximum absolute atomic E-state index is 12.1. The summed E-state index contributed by atoms with van der Waals surface area (Å²) in [5.41, 5.74) is 2.05. The Morgan fingerprint density at radius 1 is 1.26 bits per heavy atom. The topological polar surface area (TPSA) is 66.4 Å². The molecule has 0 aromatic heterocycles. The predicted molar refractivity (Wildman–Crippen MR) is 77.4 cm³/mol. The van der Waals surface area contributed by atoms with E-state index < -0.39 is 14.8 Å². The molecule has 0 spiro atoms. The lowest BCUT2D eigenvalue weighted by Crippen LogP contribution is -2.33. The molecule has 1 aromatic carbocycles. The number of rotatable bonds is 2. The Hall–Kier alpha value is -1.51. The molecule has 1 aromatic rings. The number of aliphatic hydroxyl groups is 1. The van der Waals surface area contributed by atoms with E-state index in [1.165, 1.54) is 0 Å². The van der Waals surface area contributed by atoms with Gasteiger partial charge in [-0.05, 0) is 51.5 Å². The van der Waals surface area contributed by atoms with Gasteiger partial charge in [-0.25, -0.2) is 8.42 Å². The van der Waals surface area contributed by atoms with Gasteiger partial charge >= 0.3 is 0 Å². The highest BCUT2D eigenvalue weighted by Gasteiger charge is 2.28. The van der Waals surface area contributed by atoms with E-state index in [1.54, 1.807) is 32.9 Å². The van der Waals surface area contributed by atoms with E-state index in [-0.39, 0.29) is 6.61 Å². The Kier molecular flexibility index (Phi) is 4.61. The molecule has 0 saturated heterocycles. The molecule has 0 amide bonds. The Bertz CT molecular complexity index is 616. The number of aliphatic hydroxyl groups excluding tert-OH is 1. The van der Waals surface area contributed by atoms with Crippen molar-refractivity contribution in [3.63, 3.8) is 0 Å². The van der Waals surface area contributed by atoms with Crippen LogP contribution in [-0.4, -0.2) is 24.9 Å². The Morgan fingerprint density at radius 3 is 2.42 bits per heavy atom. The van der Waals surface area contributed by atoms with E-state index in [1.807, 2.05) is 13.0 Å². The van der Waals surface area contributed by atoms with E-state index in [0.29, 0.717) is 11.3 Å². The summed E-state index contributed by atoms with van der Waals surface area (Å²) in [4.78, 5) is 0. The average molecular weight is 281 g/mol. The first kappa shape index (κ1) is 15.5. The molecule has 5 heteroatoms. The van der Waals surface area contributed by atoms with Crippen LogP contribution in [0.3, 0.4) is 0 Å². The van der Waals surface area contributed by atoms with Gasteiger partial charge in [0.2, 0.25) is 10.0 Å². The first-order valence-electron chi connectivity index (χ1n) is 5.89. The van der Waals surface area contributed by atoms with Crippen LogP contribution in [0, 0.1) is 18.8 Å². The molecule has 0 aliphatic carbocycles. The van der Waals surface area contributed by atoms with Crippen LogP contribution in [0.15, 0.2) is 18.2 Å². The van der Waals surface area contributed by atoms with Gasteiger partial charge in [0, 0.05) is 11.3 Å². The predicted octanol–water partition coefficient (Wildman–Crippen LogP) is 1.88. The van der Waals surface area contributed by atoms with Gasteiger partial charge in [-0.2, -0.15) is 0 Å². The monoisotopic (exact) mass is 281 g/mol. The van der Waals surface area contributed by atoms with Gasteiger partial charge in [-0.15, -0.1) is 0 Å². The van der Waals surface area contributed by atoms with Crippen molar-refractivity contribution in [3.8, 4) is 11.8 Å². The lowest BCUT2D eigenvalue weighted by Gasteiger charge is -2.20. The normalized spacial score (nSPS) is 11.6. The maximum atomic E-state index is 12.1. The molecule has 0 atom stereocenters. The van der Waals surface area contributed by atoms with Crippen molar-refractivity contribution in [2.75, 3.05) is 11.3 Å². The number of nitrogens with one attached hydrogen (secondary N) is 1. The SMILES string of the molecule is Cc1cc(C#CCO)cc(NS(=O)(=O)C(C)(C)C)c1. The number of benzene rings is 1. The van der Waals surface area contributed by atoms with Crippen molar-refractivity contribution in [1.29, 1.82) is 0 Å². The largest absolute Gasteiger partial charge is 0.384 e. The zero-order chi connectivity index (χ0) is 14.7. The summed E-state index contributed by atoms with van der Waals surface area (Å²) in [6.45, 7) is 6.54. The van der Waals surface area contributed by atoms with E-state index in [2.05, 4.69) is 16.6 Å². The summed E-state index contributed by atoms with van der Waals surface area (Å²) in [7, 11) is -3.45. The quantitative estimate of drug-likeness (QED) is 0.813. The second-order valence-corrected chi connectivity index (χ2v) is 7.70. The summed E-state index contributed by atoms with van der Waals surface area (Å²) in [6.07, 6.45) is 0. The smallest absolute Gasteiger partial charge is 0.237 e. The Labute approximate surface area is 114 Å². The summed E-state index contributed by atoms with van der Waals surface area (Å²) in [6, 6.07) is 5.23. The molecule has 0 radical (unpaired) electrons. The van der Waals surface area contributed by atoms with Crippen LogP contribution < -0.4 is 4.72 Å². The molecule has 1 rings (SSSR count). The van der Waals surface area contributed by atoms with Crippen molar-refractivity contribution in [3.05, 3.63) is 29.3 Å². The maximum Gasteiger partial charge on any atom is 0.237 e. The van der Waals surface area contributed by atoms with Gasteiger partial charge in [0.05, 0.1) is 4.75 Å². The van der Waals surface area contributed by atoms with Gasteiger partial charge in [0.1, 0.15) is 6.61 Å². The fraction of sp³-hybridized carbons (Fsp3) is 0.429. The van der Waals surface area contributed by atoms with E-state index >= 15 is 0 Å². The average Bonchev–Trinajstić information content (AvgIpc) is 2.23. The highest BCUT2D eigenvalue weighted by molar-refractivity contribution is 7.94. The fourth-order valence-corrected chi connectivity index (χ4v) is 2.10. The van der Waals surface area contributed by atoms with Crippen LogP contribution in [0.4, 0.5) is 5.69 Å². The molecular weight excluding hydrogens is 262 g/mol. The number of sulfonamides is 1.